The molecule has 0 saturated carbocycles. The third kappa shape index (κ3) is 1.35. The maximum atomic E-state index is 2.75. The first-order valence-electron chi connectivity index (χ1n) is 6.34. The minimum atomic E-state index is 0. The molecular weight excluding hydrogens is 315 g/mol. The van der Waals surface area contributed by atoms with E-state index in [4.69, 9.17) is 0 Å². The Labute approximate surface area is 115 Å². The van der Waals surface area contributed by atoms with Crippen LogP contribution in [0.15, 0.2) is 0 Å². The van der Waals surface area contributed by atoms with Crippen molar-refractivity contribution in [2.45, 2.75) is 12.3 Å². The number of hydrogen-bond acceptors (Lipinski definition) is 3. The molecule has 0 amide bonds. The molecule has 0 radical (unpaired) electrons. The Hall–Kier alpha value is 0.570. The molecule has 16 heavy (non-hydrogen) atoms. The molecule has 3 unspecified atom stereocenters. The molecule has 5 heteroatoms. The van der Waals surface area contributed by atoms with E-state index < -0.39 is 0 Å². The first kappa shape index (κ1) is 11.6. The van der Waals surface area contributed by atoms with Crippen molar-refractivity contribution in [3.05, 3.63) is 0 Å². The molecule has 4 heterocycles. The van der Waals surface area contributed by atoms with Gasteiger partial charge in [0, 0.05) is 32.7 Å². The quantitative estimate of drug-likeness (QED) is 0.330. The van der Waals surface area contributed by atoms with Gasteiger partial charge in [0.25, 0.3) is 0 Å². The summed E-state index contributed by atoms with van der Waals surface area (Å²) >= 11 is 0. The first-order valence-corrected chi connectivity index (χ1v) is 6.34. The van der Waals surface area contributed by atoms with Gasteiger partial charge in [0.05, 0.1) is 26.7 Å². The van der Waals surface area contributed by atoms with E-state index in [1.165, 1.54) is 56.8 Å². The van der Waals surface area contributed by atoms with Crippen LogP contribution in [0.4, 0.5) is 0 Å². The third-order valence-electron chi connectivity index (χ3n) is 5.17. The molecule has 4 fully saturated rings. The second-order valence-corrected chi connectivity index (χ2v) is 5.86. The fourth-order valence-corrected chi connectivity index (χ4v) is 4.25. The van der Waals surface area contributed by atoms with Gasteiger partial charge in [-0.25, -0.2) is 4.90 Å². The summed E-state index contributed by atoms with van der Waals surface area (Å²) in [5.41, 5.74) is 0. The fraction of sp³-hybridized carbons (Fsp3) is 1.00. The van der Waals surface area contributed by atoms with E-state index in [2.05, 4.69) is 21.7 Å². The van der Waals surface area contributed by atoms with Gasteiger partial charge in [-0.3, -0.25) is 9.80 Å². The highest BCUT2D eigenvalue weighted by Crippen LogP contribution is 2.37. The number of quaternary nitrogens is 1. The highest BCUT2D eigenvalue weighted by atomic mass is 127. The highest BCUT2D eigenvalue weighted by Gasteiger charge is 2.58. The highest BCUT2D eigenvalue weighted by molar-refractivity contribution is 4.96. The van der Waals surface area contributed by atoms with Crippen molar-refractivity contribution < 1.29 is 28.5 Å². The predicted molar refractivity (Wildman–Crippen MR) is 58.2 cm³/mol. The summed E-state index contributed by atoms with van der Waals surface area (Å²) in [6.07, 6.45) is 1.54. The van der Waals surface area contributed by atoms with Crippen LogP contribution in [0.5, 0.6) is 0 Å². The molecular formula is C11H21IN4. The Morgan fingerprint density at radius 2 is 1.31 bits per heavy atom. The Morgan fingerprint density at radius 1 is 0.812 bits per heavy atom. The van der Waals surface area contributed by atoms with Crippen molar-refractivity contribution in [3.8, 4) is 0 Å². The molecule has 0 aromatic carbocycles. The van der Waals surface area contributed by atoms with Crippen LogP contribution in [-0.2, 0) is 0 Å². The molecule has 0 N–H and O–H groups in total. The smallest absolute Gasteiger partial charge is 0.175 e. The second kappa shape index (κ2) is 3.78. The van der Waals surface area contributed by atoms with Crippen LogP contribution in [0, 0.1) is 0 Å². The lowest BCUT2D eigenvalue weighted by atomic mass is 10.1. The topological polar surface area (TPSA) is 9.72 Å². The van der Waals surface area contributed by atoms with Crippen LogP contribution < -0.4 is 24.0 Å². The van der Waals surface area contributed by atoms with Crippen LogP contribution in [0.3, 0.4) is 0 Å². The molecule has 4 rings (SSSR count). The molecule has 3 atom stereocenters. The van der Waals surface area contributed by atoms with Gasteiger partial charge in [-0.1, -0.05) is 0 Å². The number of rotatable bonds is 0. The maximum Gasteiger partial charge on any atom is 0.175 e. The largest absolute Gasteiger partial charge is 1.00 e. The lowest BCUT2D eigenvalue weighted by Gasteiger charge is -2.52. The summed E-state index contributed by atoms with van der Waals surface area (Å²) in [7, 11) is 2.48. The second-order valence-electron chi connectivity index (χ2n) is 5.86. The molecule has 4 nitrogen and oxygen atoms in total. The Morgan fingerprint density at radius 3 is 2.00 bits per heavy atom. The molecule has 0 spiro atoms. The van der Waals surface area contributed by atoms with Crippen LogP contribution >= 0.6 is 0 Å². The molecule has 4 saturated heterocycles. The van der Waals surface area contributed by atoms with Crippen molar-refractivity contribution in [2.24, 2.45) is 0 Å². The zero-order chi connectivity index (χ0) is 10.0. The Bertz CT molecular complexity index is 294. The molecule has 0 bridgehead atoms. The predicted octanol–water partition coefficient (Wildman–Crippen LogP) is -3.95. The van der Waals surface area contributed by atoms with E-state index in [-0.39, 0.29) is 24.0 Å². The number of hydrogen-bond donors (Lipinski definition) is 0. The van der Waals surface area contributed by atoms with E-state index in [9.17, 15) is 0 Å². The number of nitrogens with zero attached hydrogens (tertiary/aromatic N) is 4. The van der Waals surface area contributed by atoms with Gasteiger partial charge in [-0.15, -0.1) is 0 Å². The van der Waals surface area contributed by atoms with E-state index in [1.807, 2.05) is 0 Å². The molecule has 92 valence electrons. The molecule has 4 aliphatic heterocycles. The summed E-state index contributed by atoms with van der Waals surface area (Å²) in [5.74, 6) is 0. The Balaban J connectivity index is 0.000000810. The van der Waals surface area contributed by atoms with Crippen LogP contribution in [0.1, 0.15) is 0 Å². The van der Waals surface area contributed by atoms with Crippen molar-refractivity contribution in [3.63, 3.8) is 0 Å². The molecule has 4 aliphatic rings. The maximum absolute atomic E-state index is 2.75. The monoisotopic (exact) mass is 336 g/mol. The number of likely N-dealkylation sites (N-methyl/N-ethyl adjacent to an activating group) is 1. The minimum Gasteiger partial charge on any atom is -1.00 e. The number of halogens is 1. The normalized spacial score (nSPS) is 47.8. The first-order chi connectivity index (χ1) is 7.28. The van der Waals surface area contributed by atoms with Crippen LogP contribution in [0.25, 0.3) is 0 Å². The summed E-state index contributed by atoms with van der Waals surface area (Å²) in [5, 5.41) is 0. The van der Waals surface area contributed by atoms with Crippen molar-refractivity contribution in [2.75, 3.05) is 59.4 Å². The summed E-state index contributed by atoms with van der Waals surface area (Å²) in [6.45, 7) is 10.6. The van der Waals surface area contributed by atoms with E-state index in [0.29, 0.717) is 0 Å². The average molecular weight is 336 g/mol. The van der Waals surface area contributed by atoms with Crippen LogP contribution in [-0.4, -0.2) is 90.9 Å². The summed E-state index contributed by atoms with van der Waals surface area (Å²) in [4.78, 5) is 8.20. The molecule has 0 aliphatic carbocycles. The lowest BCUT2D eigenvalue weighted by molar-refractivity contribution is -0.936. The molecule has 0 aromatic heterocycles. The van der Waals surface area contributed by atoms with Gasteiger partial charge in [-0.2, -0.15) is 0 Å². The van der Waals surface area contributed by atoms with E-state index >= 15 is 0 Å². The standard InChI is InChI=1S/C11H21N4.HI/c1-15-8-6-13-3-2-12-4-5-14(7-9-15)11(15)10(12)13;/h10-11H,2-9H2,1H3;1H/q+1;/p-1. The zero-order valence-corrected chi connectivity index (χ0v) is 12.1. The van der Waals surface area contributed by atoms with Gasteiger partial charge in [0.1, 0.15) is 6.17 Å². The van der Waals surface area contributed by atoms with Gasteiger partial charge >= 0.3 is 0 Å². The molecule has 0 aromatic rings. The van der Waals surface area contributed by atoms with Gasteiger partial charge < -0.3 is 28.5 Å². The fourth-order valence-electron chi connectivity index (χ4n) is 4.25. The van der Waals surface area contributed by atoms with Crippen molar-refractivity contribution in [1.82, 2.24) is 14.7 Å². The summed E-state index contributed by atoms with van der Waals surface area (Å²) < 4.78 is 1.32. The summed E-state index contributed by atoms with van der Waals surface area (Å²) in [6, 6.07) is 0. The van der Waals surface area contributed by atoms with Gasteiger partial charge in [0.2, 0.25) is 0 Å². The van der Waals surface area contributed by atoms with E-state index in [0.717, 1.165) is 12.3 Å². The third-order valence-corrected chi connectivity index (χ3v) is 5.17. The van der Waals surface area contributed by atoms with Crippen LogP contribution in [0.2, 0.25) is 0 Å². The average Bonchev–Trinajstić information content (AvgIpc) is 2.78. The minimum absolute atomic E-state index is 0. The SMILES string of the molecule is C[N+]12CCN3CCN4CCN(CC1)C2C43.[I-]. The lowest BCUT2D eigenvalue weighted by Crippen LogP contribution is -3.00. The zero-order valence-electron chi connectivity index (χ0n) is 9.98. The van der Waals surface area contributed by atoms with Gasteiger partial charge in [0.15, 0.2) is 6.17 Å². The van der Waals surface area contributed by atoms with E-state index in [1.54, 1.807) is 0 Å². The van der Waals surface area contributed by atoms with Crippen molar-refractivity contribution in [1.29, 1.82) is 0 Å². The van der Waals surface area contributed by atoms with Gasteiger partial charge in [-0.05, 0) is 0 Å². The Kier molecular flexibility index (Phi) is 2.75. The van der Waals surface area contributed by atoms with Crippen molar-refractivity contribution >= 4 is 0 Å². The number of piperazine rings is 2.